The van der Waals surface area contributed by atoms with E-state index in [1.807, 2.05) is 13.0 Å². The molecule has 0 saturated heterocycles. The molecule has 0 fully saturated rings. The molecule has 4 heteroatoms. The summed E-state index contributed by atoms with van der Waals surface area (Å²) in [7, 11) is 0. The highest BCUT2D eigenvalue weighted by atomic mass is 16.4. The Balaban J connectivity index is 2.85. The highest BCUT2D eigenvalue weighted by Crippen LogP contribution is 2.28. The fourth-order valence-electron chi connectivity index (χ4n) is 2.23. The molecule has 1 aromatic rings. The van der Waals surface area contributed by atoms with Gasteiger partial charge >= 0.3 is 5.97 Å². The lowest BCUT2D eigenvalue weighted by Gasteiger charge is -2.27. The number of nitrogens with one attached hydrogen (secondary N) is 1. The van der Waals surface area contributed by atoms with Crippen molar-refractivity contribution in [1.29, 1.82) is 0 Å². The van der Waals surface area contributed by atoms with Crippen LogP contribution in [0.25, 0.3) is 0 Å². The molecule has 1 aromatic carbocycles. The van der Waals surface area contributed by atoms with Crippen LogP contribution in [-0.4, -0.2) is 23.0 Å². The number of carboxylic acids is 1. The van der Waals surface area contributed by atoms with Gasteiger partial charge in [0.1, 0.15) is 0 Å². The van der Waals surface area contributed by atoms with Crippen molar-refractivity contribution in [2.45, 2.75) is 52.0 Å². The van der Waals surface area contributed by atoms with E-state index in [-0.39, 0.29) is 18.4 Å². The standard InChI is InChI=1S/C17H25NO3/c1-5-12(2)13(3)18-15(19)11-17(4,16(20)21)14-9-7-6-8-10-14/h6-10,12-13H,5,11H2,1-4H3,(H,18,19)(H,20,21). The average Bonchev–Trinajstić information content (AvgIpc) is 2.46. The molecule has 21 heavy (non-hydrogen) atoms. The van der Waals surface area contributed by atoms with Crippen LogP contribution in [0.1, 0.15) is 46.1 Å². The minimum atomic E-state index is -1.21. The molecule has 0 saturated carbocycles. The van der Waals surface area contributed by atoms with Crippen LogP contribution in [0, 0.1) is 5.92 Å². The van der Waals surface area contributed by atoms with E-state index in [1.165, 1.54) is 0 Å². The summed E-state index contributed by atoms with van der Waals surface area (Å²) >= 11 is 0. The van der Waals surface area contributed by atoms with E-state index in [1.54, 1.807) is 31.2 Å². The monoisotopic (exact) mass is 291 g/mol. The Morgan fingerprint density at radius 3 is 2.29 bits per heavy atom. The van der Waals surface area contributed by atoms with Crippen molar-refractivity contribution >= 4 is 11.9 Å². The third-order valence-electron chi connectivity index (χ3n) is 4.28. The first kappa shape index (κ1) is 17.2. The molecule has 1 rings (SSSR count). The molecule has 3 unspecified atom stereocenters. The molecule has 4 nitrogen and oxygen atoms in total. The zero-order valence-corrected chi connectivity index (χ0v) is 13.2. The molecule has 0 spiro atoms. The lowest BCUT2D eigenvalue weighted by atomic mass is 9.79. The van der Waals surface area contributed by atoms with Crippen molar-refractivity contribution in [2.24, 2.45) is 5.92 Å². The number of benzene rings is 1. The molecular weight excluding hydrogens is 266 g/mol. The molecular formula is C17H25NO3. The second-order valence-corrected chi connectivity index (χ2v) is 5.92. The molecule has 0 heterocycles. The van der Waals surface area contributed by atoms with Gasteiger partial charge in [0.2, 0.25) is 5.91 Å². The molecule has 2 N–H and O–H groups in total. The molecule has 116 valence electrons. The summed E-state index contributed by atoms with van der Waals surface area (Å²) in [5.41, 5.74) is -0.565. The van der Waals surface area contributed by atoms with Crippen LogP contribution in [0.3, 0.4) is 0 Å². The molecule has 0 aliphatic carbocycles. The summed E-state index contributed by atoms with van der Waals surface area (Å²) in [5.74, 6) is -0.849. The molecule has 3 atom stereocenters. The maximum Gasteiger partial charge on any atom is 0.314 e. The Hall–Kier alpha value is -1.84. The summed E-state index contributed by atoms with van der Waals surface area (Å²) < 4.78 is 0. The van der Waals surface area contributed by atoms with Gasteiger partial charge in [-0.1, -0.05) is 50.6 Å². The van der Waals surface area contributed by atoms with Crippen molar-refractivity contribution in [1.82, 2.24) is 5.32 Å². The van der Waals surface area contributed by atoms with Crippen molar-refractivity contribution in [3.63, 3.8) is 0 Å². The SMILES string of the molecule is CCC(C)C(C)NC(=O)CC(C)(C(=O)O)c1ccccc1. The minimum Gasteiger partial charge on any atom is -0.481 e. The predicted octanol–water partition coefficient (Wildman–Crippen LogP) is 2.97. The maximum absolute atomic E-state index is 12.2. The van der Waals surface area contributed by atoms with E-state index in [0.29, 0.717) is 11.5 Å². The Kier molecular flexibility index (Phi) is 5.94. The summed E-state index contributed by atoms with van der Waals surface area (Å²) in [6.07, 6.45) is 0.906. The van der Waals surface area contributed by atoms with Gasteiger partial charge in [-0.2, -0.15) is 0 Å². The topological polar surface area (TPSA) is 66.4 Å². The van der Waals surface area contributed by atoms with Crippen LogP contribution in [0.4, 0.5) is 0 Å². The van der Waals surface area contributed by atoms with E-state index in [2.05, 4.69) is 19.2 Å². The van der Waals surface area contributed by atoms with Crippen LogP contribution < -0.4 is 5.32 Å². The fourth-order valence-corrected chi connectivity index (χ4v) is 2.23. The maximum atomic E-state index is 12.2. The van der Waals surface area contributed by atoms with E-state index < -0.39 is 11.4 Å². The summed E-state index contributed by atoms with van der Waals surface area (Å²) in [6, 6.07) is 8.94. The largest absolute Gasteiger partial charge is 0.481 e. The molecule has 0 bridgehead atoms. The van der Waals surface area contributed by atoms with Gasteiger partial charge in [0.25, 0.3) is 0 Å². The first-order valence-electron chi connectivity index (χ1n) is 7.39. The van der Waals surface area contributed by atoms with E-state index in [4.69, 9.17) is 0 Å². The Bertz CT molecular complexity index is 486. The van der Waals surface area contributed by atoms with Crippen molar-refractivity contribution in [2.75, 3.05) is 0 Å². The van der Waals surface area contributed by atoms with Crippen molar-refractivity contribution < 1.29 is 14.7 Å². The van der Waals surface area contributed by atoms with E-state index in [9.17, 15) is 14.7 Å². The quantitative estimate of drug-likeness (QED) is 0.811. The second-order valence-electron chi connectivity index (χ2n) is 5.92. The highest BCUT2D eigenvalue weighted by Gasteiger charge is 2.37. The average molecular weight is 291 g/mol. The Morgan fingerprint density at radius 1 is 1.24 bits per heavy atom. The lowest BCUT2D eigenvalue weighted by molar-refractivity contribution is -0.145. The molecule has 0 aliphatic heterocycles. The van der Waals surface area contributed by atoms with Gasteiger partial charge in [0, 0.05) is 12.5 Å². The minimum absolute atomic E-state index is 0.0383. The summed E-state index contributed by atoms with van der Waals surface area (Å²) in [4.78, 5) is 23.8. The number of carboxylic acid groups (broad SMARTS) is 1. The smallest absolute Gasteiger partial charge is 0.314 e. The summed E-state index contributed by atoms with van der Waals surface area (Å²) in [6.45, 7) is 7.68. The number of hydrogen-bond donors (Lipinski definition) is 2. The lowest BCUT2D eigenvalue weighted by Crippen LogP contribution is -2.43. The number of carbonyl (C=O) groups is 2. The van der Waals surface area contributed by atoms with Crippen LogP contribution >= 0.6 is 0 Å². The third kappa shape index (κ3) is 4.31. The number of carbonyl (C=O) groups excluding carboxylic acids is 1. The predicted molar refractivity (Wildman–Crippen MR) is 83.1 cm³/mol. The van der Waals surface area contributed by atoms with E-state index in [0.717, 1.165) is 6.42 Å². The van der Waals surface area contributed by atoms with Gasteiger partial charge < -0.3 is 10.4 Å². The van der Waals surface area contributed by atoms with Crippen molar-refractivity contribution in [3.8, 4) is 0 Å². The number of amides is 1. The third-order valence-corrected chi connectivity index (χ3v) is 4.28. The van der Waals surface area contributed by atoms with Gasteiger partial charge in [-0.15, -0.1) is 0 Å². The molecule has 1 amide bonds. The zero-order valence-electron chi connectivity index (χ0n) is 13.2. The fraction of sp³-hybridized carbons (Fsp3) is 0.529. The Labute approximate surface area is 126 Å². The molecule has 0 aromatic heterocycles. The van der Waals surface area contributed by atoms with Gasteiger partial charge in [-0.3, -0.25) is 9.59 Å². The van der Waals surface area contributed by atoms with E-state index >= 15 is 0 Å². The van der Waals surface area contributed by atoms with Crippen LogP contribution in [0.5, 0.6) is 0 Å². The van der Waals surface area contributed by atoms with Gasteiger partial charge in [-0.25, -0.2) is 0 Å². The second kappa shape index (κ2) is 7.25. The van der Waals surface area contributed by atoms with Crippen LogP contribution in [0.15, 0.2) is 30.3 Å². The summed E-state index contributed by atoms with van der Waals surface area (Å²) in [5, 5.41) is 12.5. The van der Waals surface area contributed by atoms with Crippen molar-refractivity contribution in [3.05, 3.63) is 35.9 Å². The van der Waals surface area contributed by atoms with Gasteiger partial charge in [0.05, 0.1) is 5.41 Å². The number of rotatable bonds is 7. The first-order chi connectivity index (χ1) is 9.81. The van der Waals surface area contributed by atoms with Crippen LogP contribution in [-0.2, 0) is 15.0 Å². The van der Waals surface area contributed by atoms with Gasteiger partial charge in [-0.05, 0) is 25.3 Å². The first-order valence-corrected chi connectivity index (χ1v) is 7.39. The molecule has 0 radical (unpaired) electrons. The number of aliphatic carboxylic acids is 1. The van der Waals surface area contributed by atoms with Gasteiger partial charge in [0.15, 0.2) is 0 Å². The Morgan fingerprint density at radius 2 is 1.81 bits per heavy atom. The normalized spacial score (nSPS) is 16.6. The highest BCUT2D eigenvalue weighted by molar-refractivity contribution is 5.89. The number of hydrogen-bond acceptors (Lipinski definition) is 2. The molecule has 0 aliphatic rings. The zero-order chi connectivity index (χ0) is 16.0. The van der Waals surface area contributed by atoms with Crippen LogP contribution in [0.2, 0.25) is 0 Å².